The van der Waals surface area contributed by atoms with Gasteiger partial charge in [-0.25, -0.2) is 0 Å². The van der Waals surface area contributed by atoms with Crippen LogP contribution in [-0.4, -0.2) is 42.5 Å². The summed E-state index contributed by atoms with van der Waals surface area (Å²) < 4.78 is 5.16. The van der Waals surface area contributed by atoms with Crippen molar-refractivity contribution < 1.29 is 14.3 Å². The Balaban J connectivity index is 1.13. The number of fused-ring (bicyclic) bond motifs is 1. The zero-order valence-electron chi connectivity index (χ0n) is 22.9. The molecule has 5 nitrogen and oxygen atoms in total. The van der Waals surface area contributed by atoms with E-state index in [1.165, 1.54) is 42.0 Å². The van der Waals surface area contributed by atoms with E-state index in [0.717, 1.165) is 12.0 Å². The predicted octanol–water partition coefficient (Wildman–Crippen LogP) is 6.35. The maximum Gasteiger partial charge on any atom is 0.309 e. The number of piperidine rings is 1. The van der Waals surface area contributed by atoms with Gasteiger partial charge in [-0.15, -0.1) is 0 Å². The third-order valence-corrected chi connectivity index (χ3v) is 8.88. The van der Waals surface area contributed by atoms with Gasteiger partial charge >= 0.3 is 5.97 Å². The maximum atomic E-state index is 13.1. The molecule has 0 spiro atoms. The minimum atomic E-state index is -0.119. The fraction of sp³-hybridized carbons (Fsp3) is 0.515. The molecule has 2 aromatic rings. The SMILES string of the molecule is CCOC(=O)C1CCN(C(=O)C2=CCC([C@H]3CCC[C@H](N[C@H](C)c4cccc5ccccc45)C3)C=C2)CC1. The van der Waals surface area contributed by atoms with E-state index in [4.69, 9.17) is 4.74 Å². The Kier molecular flexibility index (Phi) is 8.63. The van der Waals surface area contributed by atoms with Gasteiger partial charge in [-0.05, 0) is 80.5 Å². The fourth-order valence-corrected chi connectivity index (χ4v) is 6.75. The van der Waals surface area contributed by atoms with Crippen molar-refractivity contribution in [3.8, 4) is 0 Å². The van der Waals surface area contributed by atoms with E-state index in [1.807, 2.05) is 11.8 Å². The van der Waals surface area contributed by atoms with Crippen molar-refractivity contribution in [1.29, 1.82) is 0 Å². The summed E-state index contributed by atoms with van der Waals surface area (Å²) in [4.78, 5) is 27.0. The largest absolute Gasteiger partial charge is 0.466 e. The minimum Gasteiger partial charge on any atom is -0.466 e. The fourth-order valence-electron chi connectivity index (χ4n) is 6.75. The van der Waals surface area contributed by atoms with Crippen LogP contribution >= 0.6 is 0 Å². The van der Waals surface area contributed by atoms with Gasteiger partial charge in [0.05, 0.1) is 12.5 Å². The number of esters is 1. The highest BCUT2D eigenvalue weighted by atomic mass is 16.5. The third kappa shape index (κ3) is 6.04. The molecule has 2 aromatic carbocycles. The predicted molar refractivity (Wildman–Crippen MR) is 153 cm³/mol. The van der Waals surface area contributed by atoms with Gasteiger partial charge in [-0.2, -0.15) is 0 Å². The summed E-state index contributed by atoms with van der Waals surface area (Å²) >= 11 is 0. The summed E-state index contributed by atoms with van der Waals surface area (Å²) in [5.74, 6) is 1.06. The number of carbonyl (C=O) groups excluding carboxylic acids is 2. The zero-order chi connectivity index (χ0) is 26.5. The average molecular weight is 515 g/mol. The van der Waals surface area contributed by atoms with Crippen molar-refractivity contribution in [1.82, 2.24) is 10.2 Å². The summed E-state index contributed by atoms with van der Waals surface area (Å²) in [6.45, 7) is 5.80. The van der Waals surface area contributed by atoms with E-state index in [1.54, 1.807) is 0 Å². The van der Waals surface area contributed by atoms with E-state index >= 15 is 0 Å². The first-order chi connectivity index (χ1) is 18.5. The van der Waals surface area contributed by atoms with Gasteiger partial charge in [0.1, 0.15) is 0 Å². The molecule has 1 saturated carbocycles. The lowest BCUT2D eigenvalue weighted by Crippen LogP contribution is -2.41. The minimum absolute atomic E-state index is 0.0737. The van der Waals surface area contributed by atoms with Crippen LogP contribution in [0.4, 0.5) is 0 Å². The molecule has 202 valence electrons. The van der Waals surface area contributed by atoms with Crippen molar-refractivity contribution in [2.24, 2.45) is 17.8 Å². The number of hydrogen-bond donors (Lipinski definition) is 1. The summed E-state index contributed by atoms with van der Waals surface area (Å²) in [6, 6.07) is 16.1. The molecule has 0 aromatic heterocycles. The Hall–Kier alpha value is -2.92. The molecule has 0 bridgehead atoms. The number of benzene rings is 2. The first kappa shape index (κ1) is 26.7. The Labute approximate surface area is 227 Å². The van der Waals surface area contributed by atoms with E-state index in [2.05, 4.69) is 72.9 Å². The Bertz CT molecular complexity index is 1190. The molecule has 0 radical (unpaired) electrons. The van der Waals surface area contributed by atoms with Gasteiger partial charge in [-0.1, -0.05) is 67.1 Å². The van der Waals surface area contributed by atoms with E-state index in [9.17, 15) is 9.59 Å². The average Bonchev–Trinajstić information content (AvgIpc) is 2.97. The highest BCUT2D eigenvalue weighted by Gasteiger charge is 2.32. The van der Waals surface area contributed by atoms with Crippen LogP contribution in [0.15, 0.2) is 66.3 Å². The van der Waals surface area contributed by atoms with Gasteiger partial charge in [-0.3, -0.25) is 9.59 Å². The van der Waals surface area contributed by atoms with E-state index < -0.39 is 0 Å². The Morgan fingerprint density at radius 2 is 1.84 bits per heavy atom. The third-order valence-electron chi connectivity index (χ3n) is 8.88. The number of rotatable bonds is 7. The number of ether oxygens (including phenoxy) is 1. The van der Waals surface area contributed by atoms with Crippen molar-refractivity contribution >= 4 is 22.6 Å². The molecule has 4 atom stereocenters. The molecule has 3 aliphatic rings. The molecule has 5 heteroatoms. The lowest BCUT2D eigenvalue weighted by molar-refractivity contribution is -0.150. The highest BCUT2D eigenvalue weighted by Crippen LogP contribution is 2.36. The van der Waals surface area contributed by atoms with Crippen LogP contribution in [0.5, 0.6) is 0 Å². The second kappa shape index (κ2) is 12.3. The molecule has 2 fully saturated rings. The molecule has 1 heterocycles. The van der Waals surface area contributed by atoms with Crippen LogP contribution in [-0.2, 0) is 14.3 Å². The molecule has 1 saturated heterocycles. The maximum absolute atomic E-state index is 13.1. The number of allylic oxidation sites excluding steroid dienone is 2. The molecule has 5 rings (SSSR count). The molecule has 1 amide bonds. The Morgan fingerprint density at radius 3 is 2.61 bits per heavy atom. The van der Waals surface area contributed by atoms with Gasteiger partial charge < -0.3 is 15.0 Å². The topological polar surface area (TPSA) is 58.6 Å². The number of nitrogens with one attached hydrogen (secondary N) is 1. The van der Waals surface area contributed by atoms with E-state index in [-0.39, 0.29) is 17.8 Å². The van der Waals surface area contributed by atoms with Crippen LogP contribution in [0, 0.1) is 17.8 Å². The summed E-state index contributed by atoms with van der Waals surface area (Å²) in [5, 5.41) is 6.59. The smallest absolute Gasteiger partial charge is 0.309 e. The van der Waals surface area contributed by atoms with Crippen LogP contribution in [0.2, 0.25) is 0 Å². The van der Waals surface area contributed by atoms with Gasteiger partial charge in [0.2, 0.25) is 0 Å². The molecule has 1 aliphatic heterocycles. The van der Waals surface area contributed by atoms with E-state index in [0.29, 0.717) is 56.5 Å². The van der Waals surface area contributed by atoms with Crippen molar-refractivity contribution in [3.63, 3.8) is 0 Å². The molecular weight excluding hydrogens is 472 g/mol. The number of carbonyl (C=O) groups is 2. The lowest BCUT2D eigenvalue weighted by atomic mass is 9.74. The van der Waals surface area contributed by atoms with Crippen LogP contribution in [0.25, 0.3) is 10.8 Å². The normalized spacial score (nSPS) is 25.2. The number of amides is 1. The Morgan fingerprint density at radius 1 is 1.05 bits per heavy atom. The van der Waals surface area contributed by atoms with Crippen LogP contribution in [0.1, 0.15) is 70.4 Å². The zero-order valence-corrected chi connectivity index (χ0v) is 22.9. The summed E-state index contributed by atoms with van der Waals surface area (Å²) in [7, 11) is 0. The second-order valence-electron chi connectivity index (χ2n) is 11.3. The van der Waals surface area contributed by atoms with Crippen LogP contribution < -0.4 is 5.32 Å². The standard InChI is InChI=1S/C33H42N2O3/c1-3-38-33(37)27-18-20-35(21-19-27)32(36)26-16-14-24(15-17-26)28-10-6-11-29(22-28)34-23(2)30-13-7-9-25-8-4-5-12-31(25)30/h4-5,7-9,12-14,16-17,23-24,27-29,34H,3,6,10-11,15,18-22H2,1-2H3/t23-,24?,28+,29+/m1/s1. The van der Waals surface area contributed by atoms with Crippen LogP contribution in [0.3, 0.4) is 0 Å². The molecule has 1 unspecified atom stereocenters. The number of hydrogen-bond acceptors (Lipinski definition) is 4. The van der Waals surface area contributed by atoms with Crippen molar-refractivity contribution in [2.45, 2.75) is 70.9 Å². The van der Waals surface area contributed by atoms with Crippen molar-refractivity contribution in [2.75, 3.05) is 19.7 Å². The molecule has 38 heavy (non-hydrogen) atoms. The molecular formula is C33H42N2O3. The summed E-state index contributed by atoms with van der Waals surface area (Å²) in [5.41, 5.74) is 2.19. The summed E-state index contributed by atoms with van der Waals surface area (Å²) in [6.07, 6.45) is 13.7. The number of nitrogens with zero attached hydrogens (tertiary/aromatic N) is 1. The molecule has 1 N–H and O–H groups in total. The second-order valence-corrected chi connectivity index (χ2v) is 11.3. The van der Waals surface area contributed by atoms with Gasteiger partial charge in [0, 0.05) is 30.7 Å². The van der Waals surface area contributed by atoms with Gasteiger partial charge in [0.15, 0.2) is 0 Å². The molecule has 2 aliphatic carbocycles. The lowest BCUT2D eigenvalue weighted by Gasteiger charge is -2.36. The first-order valence-corrected chi connectivity index (χ1v) is 14.6. The first-order valence-electron chi connectivity index (χ1n) is 14.6. The monoisotopic (exact) mass is 514 g/mol. The quantitative estimate of drug-likeness (QED) is 0.437. The van der Waals surface area contributed by atoms with Gasteiger partial charge in [0.25, 0.3) is 5.91 Å². The van der Waals surface area contributed by atoms with Crippen molar-refractivity contribution in [3.05, 3.63) is 71.8 Å². The highest BCUT2D eigenvalue weighted by molar-refractivity contribution is 5.96. The number of likely N-dealkylation sites (tertiary alicyclic amines) is 1.